The van der Waals surface area contributed by atoms with E-state index in [0.717, 1.165) is 17.2 Å². The Labute approximate surface area is 130 Å². The van der Waals surface area contributed by atoms with Crippen LogP contribution in [0, 0.1) is 0 Å². The third-order valence-electron chi connectivity index (χ3n) is 2.34. The number of nitrogens with zero attached hydrogens (tertiary/aromatic N) is 3. The molecule has 5 nitrogen and oxygen atoms in total. The van der Waals surface area contributed by atoms with Gasteiger partial charge in [0.15, 0.2) is 11.1 Å². The molecule has 0 spiro atoms. The molecule has 7 heteroatoms. The number of nitrogens with two attached hydrogens (primary N) is 1. The summed E-state index contributed by atoms with van der Waals surface area (Å²) in [6.45, 7) is 4.71. The second-order valence-electron chi connectivity index (χ2n) is 4.17. The molecule has 0 aliphatic heterocycles. The fourth-order valence-electron chi connectivity index (χ4n) is 1.14. The average Bonchev–Trinajstić information content (AvgIpc) is 2.75. The summed E-state index contributed by atoms with van der Waals surface area (Å²) in [6.07, 6.45) is 1.03. The van der Waals surface area contributed by atoms with Gasteiger partial charge >= 0.3 is 0 Å². The third kappa shape index (κ3) is 5.85. The molecule has 104 valence electrons. The van der Waals surface area contributed by atoms with Crippen molar-refractivity contribution in [1.29, 1.82) is 0 Å². The average molecular weight is 383 g/mol. The van der Waals surface area contributed by atoms with E-state index < -0.39 is 0 Å². The predicted octanol–water partition coefficient (Wildman–Crippen LogP) is 2.03. The largest absolute Gasteiger partial charge is 0.370 e. The molecule has 0 saturated carbocycles. The van der Waals surface area contributed by atoms with Crippen LogP contribution in [0.4, 0.5) is 5.13 Å². The van der Waals surface area contributed by atoms with Gasteiger partial charge in [0.25, 0.3) is 0 Å². The highest BCUT2D eigenvalue weighted by Gasteiger charge is 2.03. The molecule has 1 aromatic rings. The SMILES string of the molecule is CCC(C)NC(N)=NCc1csc(N(C)C)n1.I. The van der Waals surface area contributed by atoms with Gasteiger partial charge in [0.2, 0.25) is 0 Å². The number of nitrogens with one attached hydrogen (secondary N) is 1. The van der Waals surface area contributed by atoms with E-state index in [2.05, 4.69) is 29.1 Å². The van der Waals surface area contributed by atoms with Crippen molar-refractivity contribution in [1.82, 2.24) is 10.3 Å². The van der Waals surface area contributed by atoms with Gasteiger partial charge in [-0.25, -0.2) is 9.98 Å². The number of halogens is 1. The van der Waals surface area contributed by atoms with Crippen molar-refractivity contribution in [3.05, 3.63) is 11.1 Å². The number of thiazole rings is 1. The maximum atomic E-state index is 5.77. The normalized spacial score (nSPS) is 12.8. The first-order valence-electron chi connectivity index (χ1n) is 5.71. The van der Waals surface area contributed by atoms with Crippen molar-refractivity contribution in [2.24, 2.45) is 10.7 Å². The summed E-state index contributed by atoms with van der Waals surface area (Å²) in [5.41, 5.74) is 6.72. The van der Waals surface area contributed by atoms with Crippen LogP contribution in [-0.2, 0) is 6.54 Å². The molecular weight excluding hydrogens is 361 g/mol. The number of hydrogen-bond acceptors (Lipinski definition) is 4. The Balaban J connectivity index is 0.00000289. The number of aliphatic imine (C=N–C) groups is 1. The fraction of sp³-hybridized carbons (Fsp3) is 0.636. The molecule has 1 heterocycles. The summed E-state index contributed by atoms with van der Waals surface area (Å²) in [4.78, 5) is 10.7. The minimum Gasteiger partial charge on any atom is -0.370 e. The number of rotatable bonds is 5. The molecule has 0 fully saturated rings. The van der Waals surface area contributed by atoms with E-state index in [1.807, 2.05) is 24.4 Å². The molecule has 1 rings (SSSR count). The van der Waals surface area contributed by atoms with Gasteiger partial charge in [-0.1, -0.05) is 6.92 Å². The molecule has 0 aliphatic rings. The van der Waals surface area contributed by atoms with Crippen LogP contribution in [0.15, 0.2) is 10.4 Å². The second-order valence-corrected chi connectivity index (χ2v) is 5.01. The van der Waals surface area contributed by atoms with Gasteiger partial charge in [0.05, 0.1) is 12.2 Å². The molecule has 0 saturated heterocycles. The van der Waals surface area contributed by atoms with Gasteiger partial charge < -0.3 is 16.0 Å². The lowest BCUT2D eigenvalue weighted by Crippen LogP contribution is -2.38. The molecule has 0 amide bonds. The first kappa shape index (κ1) is 17.4. The molecule has 1 atom stereocenters. The molecule has 0 aromatic carbocycles. The fourth-order valence-corrected chi connectivity index (χ4v) is 1.89. The van der Waals surface area contributed by atoms with Gasteiger partial charge in [-0.2, -0.15) is 0 Å². The van der Waals surface area contributed by atoms with E-state index in [1.165, 1.54) is 0 Å². The molecule has 0 radical (unpaired) electrons. The molecule has 18 heavy (non-hydrogen) atoms. The summed E-state index contributed by atoms with van der Waals surface area (Å²) in [7, 11) is 3.95. The van der Waals surface area contributed by atoms with Gasteiger partial charge in [0.1, 0.15) is 0 Å². The van der Waals surface area contributed by atoms with E-state index >= 15 is 0 Å². The summed E-state index contributed by atoms with van der Waals surface area (Å²) < 4.78 is 0. The van der Waals surface area contributed by atoms with Gasteiger partial charge in [-0.15, -0.1) is 35.3 Å². The molecular formula is C11H22IN5S. The van der Waals surface area contributed by atoms with Gasteiger partial charge in [-0.3, -0.25) is 0 Å². The van der Waals surface area contributed by atoms with Crippen LogP contribution in [0.5, 0.6) is 0 Å². The van der Waals surface area contributed by atoms with Crippen molar-refractivity contribution >= 4 is 46.4 Å². The molecule has 3 N–H and O–H groups in total. The third-order valence-corrected chi connectivity index (χ3v) is 3.40. The van der Waals surface area contributed by atoms with Crippen LogP contribution >= 0.6 is 35.3 Å². The standard InChI is InChI=1S/C11H21N5S.HI/c1-5-8(2)14-10(12)13-6-9-7-17-11(15-9)16(3)4;/h7-8H,5-6H2,1-4H3,(H3,12,13,14);1H. The lowest BCUT2D eigenvalue weighted by atomic mass is 10.3. The lowest BCUT2D eigenvalue weighted by Gasteiger charge is -2.11. The van der Waals surface area contributed by atoms with Crippen molar-refractivity contribution in [2.75, 3.05) is 19.0 Å². The lowest BCUT2D eigenvalue weighted by molar-refractivity contribution is 0.636. The predicted molar refractivity (Wildman–Crippen MR) is 90.1 cm³/mol. The summed E-state index contributed by atoms with van der Waals surface area (Å²) >= 11 is 1.61. The topological polar surface area (TPSA) is 66.5 Å². The van der Waals surface area contributed by atoms with Crippen molar-refractivity contribution in [3.63, 3.8) is 0 Å². The summed E-state index contributed by atoms with van der Waals surface area (Å²) in [5, 5.41) is 6.12. The highest BCUT2D eigenvalue weighted by atomic mass is 127. The quantitative estimate of drug-likeness (QED) is 0.464. The maximum Gasteiger partial charge on any atom is 0.189 e. The van der Waals surface area contributed by atoms with E-state index in [1.54, 1.807) is 11.3 Å². The van der Waals surface area contributed by atoms with E-state index in [0.29, 0.717) is 18.5 Å². The number of hydrogen-bond donors (Lipinski definition) is 2. The second kappa shape index (κ2) is 8.52. The smallest absolute Gasteiger partial charge is 0.189 e. The Kier molecular flexibility index (Phi) is 8.25. The van der Waals surface area contributed by atoms with E-state index in [-0.39, 0.29) is 24.0 Å². The Morgan fingerprint density at radius 3 is 2.78 bits per heavy atom. The molecule has 1 unspecified atom stereocenters. The Hall–Kier alpha value is -0.570. The van der Waals surface area contributed by atoms with Crippen LogP contribution < -0.4 is 16.0 Å². The number of aromatic nitrogens is 1. The Bertz CT molecular complexity index is 377. The Morgan fingerprint density at radius 2 is 2.28 bits per heavy atom. The first-order chi connectivity index (χ1) is 8.02. The van der Waals surface area contributed by atoms with Crippen LogP contribution in [-0.4, -0.2) is 31.1 Å². The highest BCUT2D eigenvalue weighted by Crippen LogP contribution is 2.18. The molecule has 1 aromatic heterocycles. The van der Waals surface area contributed by atoms with E-state index in [4.69, 9.17) is 5.73 Å². The minimum atomic E-state index is 0. The monoisotopic (exact) mass is 383 g/mol. The minimum absolute atomic E-state index is 0. The Morgan fingerprint density at radius 1 is 1.61 bits per heavy atom. The van der Waals surface area contributed by atoms with E-state index in [9.17, 15) is 0 Å². The van der Waals surface area contributed by atoms with Gasteiger partial charge in [0, 0.05) is 25.5 Å². The maximum absolute atomic E-state index is 5.77. The van der Waals surface area contributed by atoms with Crippen LogP contribution in [0.3, 0.4) is 0 Å². The van der Waals surface area contributed by atoms with Crippen LogP contribution in [0.25, 0.3) is 0 Å². The summed E-state index contributed by atoms with van der Waals surface area (Å²) in [5.74, 6) is 0.485. The van der Waals surface area contributed by atoms with Crippen molar-refractivity contribution in [3.8, 4) is 0 Å². The zero-order valence-electron chi connectivity index (χ0n) is 11.3. The molecule has 0 bridgehead atoms. The van der Waals surface area contributed by atoms with Crippen LogP contribution in [0.2, 0.25) is 0 Å². The highest BCUT2D eigenvalue weighted by molar-refractivity contribution is 14.0. The van der Waals surface area contributed by atoms with Crippen LogP contribution in [0.1, 0.15) is 26.0 Å². The number of anilines is 1. The first-order valence-corrected chi connectivity index (χ1v) is 6.59. The van der Waals surface area contributed by atoms with Gasteiger partial charge in [-0.05, 0) is 13.3 Å². The van der Waals surface area contributed by atoms with Crippen molar-refractivity contribution < 1.29 is 0 Å². The number of guanidine groups is 1. The molecule has 0 aliphatic carbocycles. The zero-order chi connectivity index (χ0) is 12.8. The zero-order valence-corrected chi connectivity index (χ0v) is 14.5. The van der Waals surface area contributed by atoms with Crippen molar-refractivity contribution in [2.45, 2.75) is 32.9 Å². The summed E-state index contributed by atoms with van der Waals surface area (Å²) in [6, 6.07) is 0.353.